The van der Waals surface area contributed by atoms with E-state index in [1.165, 1.54) is 0 Å². The van der Waals surface area contributed by atoms with Gasteiger partial charge in [-0.1, -0.05) is 42.0 Å². The zero-order valence-corrected chi connectivity index (χ0v) is 9.25. The highest BCUT2D eigenvalue weighted by Crippen LogP contribution is 2.30. The molecule has 0 bridgehead atoms. The lowest BCUT2D eigenvalue weighted by atomic mass is 9.83. The number of aliphatic hydroxyl groups excluding tert-OH is 1. The Hall–Kier alpha value is -0.790. The summed E-state index contributed by atoms with van der Waals surface area (Å²) in [5.41, 5.74) is 0.579. The summed E-state index contributed by atoms with van der Waals surface area (Å²) in [6.07, 6.45) is 3.90. The molecule has 76 valence electrons. The molecule has 1 atom stereocenters. The molecule has 0 aromatic heterocycles. The lowest BCUT2D eigenvalue weighted by Crippen LogP contribution is -2.24. The lowest BCUT2D eigenvalue weighted by molar-refractivity contribution is 0.236. The van der Waals surface area contributed by atoms with Crippen molar-refractivity contribution in [3.05, 3.63) is 47.0 Å². The van der Waals surface area contributed by atoms with Gasteiger partial charge in [0, 0.05) is 10.4 Å². The summed E-state index contributed by atoms with van der Waals surface area (Å²) in [6.45, 7) is 3.96. The summed E-state index contributed by atoms with van der Waals surface area (Å²) in [5.74, 6) is 0. The lowest BCUT2D eigenvalue weighted by Gasteiger charge is -2.24. The van der Waals surface area contributed by atoms with Gasteiger partial charge >= 0.3 is 0 Å². The molecule has 0 saturated heterocycles. The Bertz CT molecular complexity index is 333. The predicted octanol–water partition coefficient (Wildman–Crippen LogP) is 3.17. The summed E-state index contributed by atoms with van der Waals surface area (Å²) in [6, 6.07) is 7.60. The number of halogens is 1. The summed E-state index contributed by atoms with van der Waals surface area (Å²) >= 11 is 6.08. The van der Waals surface area contributed by atoms with Gasteiger partial charge in [0.05, 0.1) is 6.61 Å². The molecule has 1 rings (SSSR count). The summed E-state index contributed by atoms with van der Waals surface area (Å²) in [7, 11) is 0. The summed E-state index contributed by atoms with van der Waals surface area (Å²) in [5, 5.41) is 10.1. The van der Waals surface area contributed by atoms with E-state index in [1.54, 1.807) is 0 Å². The maximum absolute atomic E-state index is 9.38. The molecular weight excluding hydrogens is 196 g/mol. The largest absolute Gasteiger partial charge is 0.395 e. The first-order valence-corrected chi connectivity index (χ1v) is 5.01. The van der Waals surface area contributed by atoms with E-state index in [2.05, 4.69) is 0 Å². The van der Waals surface area contributed by atoms with E-state index < -0.39 is 0 Å². The van der Waals surface area contributed by atoms with Crippen LogP contribution < -0.4 is 0 Å². The van der Waals surface area contributed by atoms with Gasteiger partial charge in [-0.2, -0.15) is 0 Å². The smallest absolute Gasteiger partial charge is 0.0560 e. The zero-order chi connectivity index (χ0) is 10.6. The number of rotatable bonds is 3. The van der Waals surface area contributed by atoms with Crippen LogP contribution in [-0.2, 0) is 5.41 Å². The first-order valence-electron chi connectivity index (χ1n) is 4.64. The van der Waals surface area contributed by atoms with Crippen LogP contribution in [0.25, 0.3) is 0 Å². The van der Waals surface area contributed by atoms with Crippen LogP contribution in [0.5, 0.6) is 0 Å². The highest BCUT2D eigenvalue weighted by Gasteiger charge is 2.24. The minimum atomic E-state index is -0.382. The molecule has 0 spiro atoms. The van der Waals surface area contributed by atoms with Crippen LogP contribution in [0.1, 0.15) is 19.4 Å². The van der Waals surface area contributed by atoms with Gasteiger partial charge in [-0.05, 0) is 25.5 Å². The molecule has 0 aliphatic carbocycles. The molecule has 0 heterocycles. The van der Waals surface area contributed by atoms with Crippen molar-refractivity contribution in [3.63, 3.8) is 0 Å². The van der Waals surface area contributed by atoms with Crippen LogP contribution >= 0.6 is 11.6 Å². The molecule has 2 heteroatoms. The Balaban J connectivity index is 3.19. The second-order valence-corrected chi connectivity index (χ2v) is 3.96. The van der Waals surface area contributed by atoms with Crippen molar-refractivity contribution in [3.8, 4) is 0 Å². The molecule has 0 radical (unpaired) electrons. The van der Waals surface area contributed by atoms with E-state index in [9.17, 15) is 5.11 Å². The molecule has 0 aliphatic rings. The first-order chi connectivity index (χ1) is 6.64. The van der Waals surface area contributed by atoms with Crippen molar-refractivity contribution in [2.24, 2.45) is 0 Å². The Labute approximate surface area is 90.0 Å². The molecular formula is C12H15ClO. The molecule has 0 aliphatic heterocycles. The highest BCUT2D eigenvalue weighted by atomic mass is 35.5. The van der Waals surface area contributed by atoms with Crippen molar-refractivity contribution < 1.29 is 5.11 Å². The van der Waals surface area contributed by atoms with Gasteiger partial charge in [0.2, 0.25) is 0 Å². The third kappa shape index (κ3) is 2.17. The number of benzene rings is 1. The van der Waals surface area contributed by atoms with E-state index in [0.29, 0.717) is 5.02 Å². The number of hydrogen-bond donors (Lipinski definition) is 1. The molecule has 1 N–H and O–H groups in total. The molecule has 0 amide bonds. The molecule has 1 aromatic carbocycles. The molecule has 1 nitrogen and oxygen atoms in total. The predicted molar refractivity (Wildman–Crippen MR) is 60.7 cm³/mol. The molecule has 0 fully saturated rings. The second kappa shape index (κ2) is 4.63. The van der Waals surface area contributed by atoms with Gasteiger partial charge < -0.3 is 5.11 Å². The average Bonchev–Trinajstić information content (AvgIpc) is 2.18. The maximum Gasteiger partial charge on any atom is 0.0560 e. The van der Waals surface area contributed by atoms with Crippen LogP contribution in [0.15, 0.2) is 36.4 Å². The number of allylic oxidation sites excluding steroid dienone is 1. The topological polar surface area (TPSA) is 20.2 Å². The molecule has 0 saturated carbocycles. The maximum atomic E-state index is 9.38. The second-order valence-electron chi connectivity index (χ2n) is 3.56. The van der Waals surface area contributed by atoms with Crippen LogP contribution in [0.4, 0.5) is 0 Å². The fraction of sp³-hybridized carbons (Fsp3) is 0.333. The summed E-state index contributed by atoms with van der Waals surface area (Å²) < 4.78 is 0. The van der Waals surface area contributed by atoms with Crippen molar-refractivity contribution in [1.82, 2.24) is 0 Å². The van der Waals surface area contributed by atoms with E-state index in [0.717, 1.165) is 5.56 Å². The zero-order valence-electron chi connectivity index (χ0n) is 8.50. The van der Waals surface area contributed by atoms with E-state index in [1.807, 2.05) is 50.3 Å². The van der Waals surface area contributed by atoms with Crippen molar-refractivity contribution in [2.75, 3.05) is 6.61 Å². The Morgan fingerprint density at radius 3 is 2.57 bits per heavy atom. The van der Waals surface area contributed by atoms with Gasteiger partial charge in [-0.3, -0.25) is 0 Å². The minimum Gasteiger partial charge on any atom is -0.395 e. The molecule has 1 aromatic rings. The SMILES string of the molecule is C/C=C/[C@](C)(CO)c1ccccc1Cl. The van der Waals surface area contributed by atoms with Gasteiger partial charge in [0.1, 0.15) is 0 Å². The fourth-order valence-corrected chi connectivity index (χ4v) is 1.87. The standard InChI is InChI=1S/C12H15ClO/c1-3-8-12(2,9-14)10-6-4-5-7-11(10)13/h3-8,14H,9H2,1-2H3/b8-3+/t12-/m1/s1. The average molecular weight is 211 g/mol. The third-order valence-corrected chi connectivity index (χ3v) is 2.68. The van der Waals surface area contributed by atoms with E-state index in [-0.39, 0.29) is 12.0 Å². The van der Waals surface area contributed by atoms with Gasteiger partial charge in [-0.15, -0.1) is 0 Å². The van der Waals surface area contributed by atoms with Crippen LogP contribution in [0, 0.1) is 0 Å². The number of hydrogen-bond acceptors (Lipinski definition) is 1. The Morgan fingerprint density at radius 1 is 1.43 bits per heavy atom. The van der Waals surface area contributed by atoms with Crippen molar-refractivity contribution in [2.45, 2.75) is 19.3 Å². The van der Waals surface area contributed by atoms with Crippen molar-refractivity contribution in [1.29, 1.82) is 0 Å². The highest BCUT2D eigenvalue weighted by molar-refractivity contribution is 6.31. The normalized spacial score (nSPS) is 15.7. The van der Waals surface area contributed by atoms with Gasteiger partial charge in [0.15, 0.2) is 0 Å². The number of aliphatic hydroxyl groups is 1. The first kappa shape index (κ1) is 11.3. The van der Waals surface area contributed by atoms with Gasteiger partial charge in [-0.25, -0.2) is 0 Å². The Morgan fingerprint density at radius 2 is 2.07 bits per heavy atom. The Kier molecular flexibility index (Phi) is 3.73. The fourth-order valence-electron chi connectivity index (χ4n) is 1.52. The quantitative estimate of drug-likeness (QED) is 0.760. The third-order valence-electron chi connectivity index (χ3n) is 2.35. The van der Waals surface area contributed by atoms with E-state index in [4.69, 9.17) is 11.6 Å². The van der Waals surface area contributed by atoms with E-state index >= 15 is 0 Å². The van der Waals surface area contributed by atoms with Crippen molar-refractivity contribution >= 4 is 11.6 Å². The van der Waals surface area contributed by atoms with Gasteiger partial charge in [0.25, 0.3) is 0 Å². The minimum absolute atomic E-state index is 0.0566. The monoisotopic (exact) mass is 210 g/mol. The molecule has 0 unspecified atom stereocenters. The van der Waals surface area contributed by atoms with Crippen LogP contribution in [0.3, 0.4) is 0 Å². The molecule has 14 heavy (non-hydrogen) atoms. The van der Waals surface area contributed by atoms with Crippen LogP contribution in [-0.4, -0.2) is 11.7 Å². The van der Waals surface area contributed by atoms with Crippen LogP contribution in [0.2, 0.25) is 5.02 Å². The summed E-state index contributed by atoms with van der Waals surface area (Å²) in [4.78, 5) is 0.